The van der Waals surface area contributed by atoms with Crippen LogP contribution in [0.3, 0.4) is 0 Å². The van der Waals surface area contributed by atoms with Gasteiger partial charge >= 0.3 is 5.76 Å². The van der Waals surface area contributed by atoms with Crippen LogP contribution in [0.15, 0.2) is 27.4 Å². The molecular weight excluding hydrogens is 300 g/mol. The highest BCUT2D eigenvalue weighted by Gasteiger charge is 2.42. The van der Waals surface area contributed by atoms with Gasteiger partial charge in [-0.25, -0.2) is 4.79 Å². The number of hydrogen-bond donors (Lipinski definition) is 0. The largest absolute Gasteiger partial charge is 0.420 e. The molecule has 1 aromatic heterocycles. The molecule has 1 saturated carbocycles. The molecule has 0 unspecified atom stereocenters. The van der Waals surface area contributed by atoms with E-state index >= 15 is 0 Å². The fourth-order valence-electron chi connectivity index (χ4n) is 3.95. The summed E-state index contributed by atoms with van der Waals surface area (Å²) in [5.41, 5.74) is 0.779. The van der Waals surface area contributed by atoms with Gasteiger partial charge in [-0.3, -0.25) is 14.7 Å². The molecule has 7 nitrogen and oxygen atoms in total. The van der Waals surface area contributed by atoms with Crippen LogP contribution in [-0.2, 0) is 11.3 Å². The first-order valence-corrected chi connectivity index (χ1v) is 8.02. The Hall–Kier alpha value is -2.15. The summed E-state index contributed by atoms with van der Waals surface area (Å²) in [6.45, 7) is 0.384. The second kappa shape index (κ2) is 5.19. The number of fused-ring (bicyclic) bond motifs is 1. The molecule has 0 amide bonds. The number of aromatic nitrogens is 1. The van der Waals surface area contributed by atoms with Crippen LogP contribution in [0.25, 0.3) is 11.1 Å². The molecule has 0 bridgehead atoms. The summed E-state index contributed by atoms with van der Waals surface area (Å²) in [6, 6.07) is 4.20. The van der Waals surface area contributed by atoms with Crippen LogP contribution in [0.2, 0.25) is 0 Å². The van der Waals surface area contributed by atoms with E-state index in [0.29, 0.717) is 17.6 Å². The Kier molecular flexibility index (Phi) is 3.26. The fraction of sp³-hybridized carbons (Fsp3) is 0.562. The zero-order valence-electron chi connectivity index (χ0n) is 12.7. The predicted octanol–water partition coefficient (Wildman–Crippen LogP) is 2.99. The van der Waals surface area contributed by atoms with Crippen molar-refractivity contribution >= 4 is 16.8 Å². The summed E-state index contributed by atoms with van der Waals surface area (Å²) in [7, 11) is 0. The summed E-state index contributed by atoms with van der Waals surface area (Å²) < 4.78 is 12.9. The van der Waals surface area contributed by atoms with Crippen LogP contribution in [0, 0.1) is 10.1 Å². The highest BCUT2D eigenvalue weighted by atomic mass is 16.6. The third-order valence-corrected chi connectivity index (χ3v) is 5.10. The number of benzene rings is 1. The Morgan fingerprint density at radius 3 is 2.83 bits per heavy atom. The maximum Gasteiger partial charge on any atom is 0.420 e. The van der Waals surface area contributed by atoms with Gasteiger partial charge in [-0.2, -0.15) is 0 Å². The van der Waals surface area contributed by atoms with E-state index in [1.807, 2.05) is 0 Å². The molecule has 1 aliphatic heterocycles. The zero-order valence-corrected chi connectivity index (χ0v) is 12.7. The summed E-state index contributed by atoms with van der Waals surface area (Å²) in [4.78, 5) is 22.6. The lowest BCUT2D eigenvalue weighted by Crippen LogP contribution is -2.28. The topological polar surface area (TPSA) is 87.5 Å². The molecule has 1 spiro atoms. The van der Waals surface area contributed by atoms with E-state index in [1.165, 1.54) is 35.6 Å². The summed E-state index contributed by atoms with van der Waals surface area (Å²) >= 11 is 0. The van der Waals surface area contributed by atoms with E-state index in [9.17, 15) is 14.9 Å². The molecule has 0 radical (unpaired) electrons. The van der Waals surface area contributed by atoms with Crippen LogP contribution in [0.1, 0.15) is 38.5 Å². The number of nitrogens with zero attached hydrogens (tertiary/aromatic N) is 2. The molecule has 1 aliphatic carbocycles. The van der Waals surface area contributed by atoms with Gasteiger partial charge in [0.25, 0.3) is 5.69 Å². The Morgan fingerprint density at radius 1 is 1.30 bits per heavy atom. The molecule has 4 rings (SSSR count). The van der Waals surface area contributed by atoms with Crippen LogP contribution < -0.4 is 5.76 Å². The lowest BCUT2D eigenvalue weighted by molar-refractivity contribution is -0.384. The maximum atomic E-state index is 12.1. The van der Waals surface area contributed by atoms with Gasteiger partial charge < -0.3 is 9.15 Å². The minimum atomic E-state index is -0.489. The standard InChI is InChI=1S/C16H18N2O5/c19-15-17(10-12-5-8-16(23-12)6-1-2-7-16)13-9-11(18(20)21)3-4-14(13)22-15/h3-4,9,12H,1-2,5-8,10H2/t12-/m1/s1. The number of nitro benzene ring substituents is 1. The van der Waals surface area contributed by atoms with Crippen molar-refractivity contribution in [3.8, 4) is 0 Å². The van der Waals surface area contributed by atoms with E-state index < -0.39 is 10.7 Å². The molecule has 1 saturated heterocycles. The average molecular weight is 318 g/mol. The highest BCUT2D eigenvalue weighted by molar-refractivity contribution is 5.75. The van der Waals surface area contributed by atoms with Crippen LogP contribution in [0.4, 0.5) is 5.69 Å². The van der Waals surface area contributed by atoms with E-state index in [-0.39, 0.29) is 17.4 Å². The quantitative estimate of drug-likeness (QED) is 0.641. The van der Waals surface area contributed by atoms with Crippen LogP contribution in [-0.4, -0.2) is 21.2 Å². The Labute approximate surface area is 132 Å². The predicted molar refractivity (Wildman–Crippen MR) is 82.4 cm³/mol. The number of hydrogen-bond acceptors (Lipinski definition) is 5. The first-order chi connectivity index (χ1) is 11.1. The van der Waals surface area contributed by atoms with Gasteiger partial charge in [0.1, 0.15) is 0 Å². The zero-order chi connectivity index (χ0) is 16.0. The molecule has 0 N–H and O–H groups in total. The molecule has 1 aromatic carbocycles. The monoisotopic (exact) mass is 318 g/mol. The summed E-state index contributed by atoms with van der Waals surface area (Å²) in [5.74, 6) is -0.489. The van der Waals surface area contributed by atoms with Crippen molar-refractivity contribution in [2.24, 2.45) is 0 Å². The Balaban J connectivity index is 1.63. The number of ether oxygens (including phenoxy) is 1. The third-order valence-electron chi connectivity index (χ3n) is 5.10. The van der Waals surface area contributed by atoms with Gasteiger partial charge in [-0.1, -0.05) is 12.8 Å². The van der Waals surface area contributed by atoms with Crippen molar-refractivity contribution in [3.05, 3.63) is 38.9 Å². The number of rotatable bonds is 3. The smallest absolute Gasteiger partial charge is 0.408 e. The first kappa shape index (κ1) is 14.4. The molecular formula is C16H18N2O5. The molecule has 2 heterocycles. The lowest BCUT2D eigenvalue weighted by Gasteiger charge is -2.23. The van der Waals surface area contributed by atoms with E-state index in [0.717, 1.165) is 25.7 Å². The van der Waals surface area contributed by atoms with Gasteiger partial charge in [0.05, 0.1) is 28.7 Å². The van der Waals surface area contributed by atoms with Crippen molar-refractivity contribution in [3.63, 3.8) is 0 Å². The normalized spacial score (nSPS) is 23.0. The van der Waals surface area contributed by atoms with E-state index in [2.05, 4.69) is 0 Å². The second-order valence-corrected chi connectivity index (χ2v) is 6.56. The molecule has 23 heavy (non-hydrogen) atoms. The van der Waals surface area contributed by atoms with Gasteiger partial charge in [0, 0.05) is 12.1 Å². The maximum absolute atomic E-state index is 12.1. The highest BCUT2D eigenvalue weighted by Crippen LogP contribution is 2.43. The van der Waals surface area contributed by atoms with Gasteiger partial charge in [0.15, 0.2) is 5.58 Å². The first-order valence-electron chi connectivity index (χ1n) is 8.02. The Morgan fingerprint density at radius 2 is 2.09 bits per heavy atom. The van der Waals surface area contributed by atoms with Crippen molar-refractivity contribution in [1.82, 2.24) is 4.57 Å². The van der Waals surface area contributed by atoms with Crippen LogP contribution >= 0.6 is 0 Å². The van der Waals surface area contributed by atoms with Crippen molar-refractivity contribution in [2.45, 2.75) is 56.8 Å². The number of non-ortho nitro benzene ring substituents is 1. The third kappa shape index (κ3) is 2.45. The molecule has 2 aromatic rings. The Bertz CT molecular complexity index is 815. The molecule has 7 heteroatoms. The SMILES string of the molecule is O=c1oc2ccc([N+](=O)[O-])cc2n1C[C@H]1CCC2(CCCC2)O1. The molecule has 1 atom stereocenters. The minimum absolute atomic E-state index is 0.000188. The van der Waals surface area contributed by atoms with E-state index in [4.69, 9.17) is 9.15 Å². The fourth-order valence-corrected chi connectivity index (χ4v) is 3.95. The number of nitro groups is 1. The van der Waals surface area contributed by atoms with Crippen molar-refractivity contribution < 1.29 is 14.1 Å². The molecule has 122 valence electrons. The van der Waals surface area contributed by atoms with Crippen molar-refractivity contribution in [1.29, 1.82) is 0 Å². The average Bonchev–Trinajstić information content (AvgIpc) is 3.22. The summed E-state index contributed by atoms with van der Waals surface area (Å²) in [5, 5.41) is 10.9. The van der Waals surface area contributed by atoms with Gasteiger partial charge in [-0.05, 0) is 31.7 Å². The molecule has 2 aliphatic rings. The van der Waals surface area contributed by atoms with Gasteiger partial charge in [0.2, 0.25) is 0 Å². The van der Waals surface area contributed by atoms with Crippen molar-refractivity contribution in [2.75, 3.05) is 0 Å². The minimum Gasteiger partial charge on any atom is -0.408 e. The summed E-state index contributed by atoms with van der Waals surface area (Å²) in [6.07, 6.45) is 6.49. The van der Waals surface area contributed by atoms with E-state index in [1.54, 1.807) is 0 Å². The molecule has 2 fully saturated rings. The second-order valence-electron chi connectivity index (χ2n) is 6.56. The number of oxazole rings is 1. The lowest BCUT2D eigenvalue weighted by atomic mass is 9.98. The van der Waals surface area contributed by atoms with Gasteiger partial charge in [-0.15, -0.1) is 0 Å². The van der Waals surface area contributed by atoms with Crippen LogP contribution in [0.5, 0.6) is 0 Å².